The lowest BCUT2D eigenvalue weighted by Gasteiger charge is -2.30. The third-order valence-electron chi connectivity index (χ3n) is 3.96. The summed E-state index contributed by atoms with van der Waals surface area (Å²) in [4.78, 5) is 0. The van der Waals surface area contributed by atoms with Crippen molar-refractivity contribution in [1.82, 2.24) is 0 Å². The van der Waals surface area contributed by atoms with E-state index in [-0.39, 0.29) is 0 Å². The molecule has 2 unspecified atom stereocenters. The second kappa shape index (κ2) is 4.16. The molecule has 3 heteroatoms. The Morgan fingerprint density at radius 3 is 2.00 bits per heavy atom. The van der Waals surface area contributed by atoms with Gasteiger partial charge in [0.05, 0.1) is 6.07 Å². The van der Waals surface area contributed by atoms with E-state index in [1.165, 1.54) is 25.7 Å². The van der Waals surface area contributed by atoms with Crippen molar-refractivity contribution >= 4 is 8.32 Å². The van der Waals surface area contributed by atoms with Gasteiger partial charge in [0.1, 0.15) is 5.60 Å². The van der Waals surface area contributed by atoms with Crippen molar-refractivity contribution in [3.05, 3.63) is 0 Å². The molecule has 2 fully saturated rings. The molecule has 0 heterocycles. The van der Waals surface area contributed by atoms with E-state index >= 15 is 0 Å². The average molecular weight is 237 g/mol. The van der Waals surface area contributed by atoms with Gasteiger partial charge in [-0.3, -0.25) is 0 Å². The summed E-state index contributed by atoms with van der Waals surface area (Å²) in [7, 11) is -1.60. The molecule has 0 N–H and O–H groups in total. The van der Waals surface area contributed by atoms with Crippen molar-refractivity contribution in [2.75, 3.05) is 0 Å². The maximum absolute atomic E-state index is 9.47. The molecule has 0 saturated heterocycles. The van der Waals surface area contributed by atoms with Crippen LogP contribution < -0.4 is 0 Å². The Labute approximate surface area is 100 Å². The molecule has 90 valence electrons. The van der Waals surface area contributed by atoms with Crippen LogP contribution in [0.5, 0.6) is 0 Å². The number of hydrogen-bond donors (Lipinski definition) is 0. The Bertz CT molecular complexity index is 288. The molecule has 0 amide bonds. The Kier molecular flexibility index (Phi) is 3.15. The van der Waals surface area contributed by atoms with Crippen LogP contribution in [0, 0.1) is 23.2 Å². The van der Waals surface area contributed by atoms with E-state index in [9.17, 15) is 5.26 Å². The lowest BCUT2D eigenvalue weighted by atomic mass is 9.82. The summed E-state index contributed by atoms with van der Waals surface area (Å²) in [6, 6.07) is 2.50. The van der Waals surface area contributed by atoms with Crippen molar-refractivity contribution < 1.29 is 4.43 Å². The molecule has 16 heavy (non-hydrogen) atoms. The maximum atomic E-state index is 9.47. The second-order valence-electron chi connectivity index (χ2n) is 6.53. The van der Waals surface area contributed by atoms with Crippen LogP contribution in [-0.4, -0.2) is 13.9 Å². The van der Waals surface area contributed by atoms with E-state index in [4.69, 9.17) is 4.43 Å². The molecule has 0 bridgehead atoms. The van der Waals surface area contributed by atoms with Gasteiger partial charge in [-0.25, -0.2) is 0 Å². The predicted molar refractivity (Wildman–Crippen MR) is 67.5 cm³/mol. The fraction of sp³-hybridized carbons (Fsp3) is 0.923. The molecule has 2 rings (SSSR count). The lowest BCUT2D eigenvalue weighted by Crippen LogP contribution is -2.40. The van der Waals surface area contributed by atoms with Gasteiger partial charge in [-0.1, -0.05) is 25.7 Å². The van der Waals surface area contributed by atoms with Gasteiger partial charge in [0.2, 0.25) is 0 Å². The zero-order valence-corrected chi connectivity index (χ0v) is 11.8. The van der Waals surface area contributed by atoms with Crippen molar-refractivity contribution in [2.24, 2.45) is 11.8 Å². The van der Waals surface area contributed by atoms with Gasteiger partial charge in [-0.15, -0.1) is 0 Å². The summed E-state index contributed by atoms with van der Waals surface area (Å²) in [5.41, 5.74) is -0.426. The first-order chi connectivity index (χ1) is 7.44. The van der Waals surface area contributed by atoms with Gasteiger partial charge in [-0.05, 0) is 44.3 Å². The van der Waals surface area contributed by atoms with Crippen molar-refractivity contribution in [3.8, 4) is 6.07 Å². The number of hydrogen-bond acceptors (Lipinski definition) is 2. The first kappa shape index (κ1) is 12.1. The van der Waals surface area contributed by atoms with Crippen LogP contribution in [0.3, 0.4) is 0 Å². The van der Waals surface area contributed by atoms with Crippen LogP contribution in [0.15, 0.2) is 0 Å². The molecule has 2 aliphatic carbocycles. The van der Waals surface area contributed by atoms with Crippen LogP contribution in [0.1, 0.15) is 38.5 Å². The zero-order valence-electron chi connectivity index (χ0n) is 10.8. The molecule has 0 radical (unpaired) electrons. The lowest BCUT2D eigenvalue weighted by molar-refractivity contribution is 0.120. The van der Waals surface area contributed by atoms with Crippen LogP contribution in [0.2, 0.25) is 19.6 Å². The van der Waals surface area contributed by atoms with Gasteiger partial charge >= 0.3 is 0 Å². The summed E-state index contributed by atoms with van der Waals surface area (Å²) in [5.74, 6) is 1.54. The average Bonchev–Trinajstić information content (AvgIpc) is 2.53. The number of nitriles is 1. The summed E-state index contributed by atoms with van der Waals surface area (Å²) >= 11 is 0. The summed E-state index contributed by atoms with van der Waals surface area (Å²) in [6.45, 7) is 6.57. The van der Waals surface area contributed by atoms with Crippen LogP contribution in [0.4, 0.5) is 0 Å². The summed E-state index contributed by atoms with van der Waals surface area (Å²) in [6.07, 6.45) is 7.36. The van der Waals surface area contributed by atoms with Gasteiger partial charge in [0.15, 0.2) is 8.32 Å². The number of fused-ring (bicyclic) bond motifs is 1. The molecule has 0 aromatic heterocycles. The van der Waals surface area contributed by atoms with E-state index in [0.717, 1.165) is 24.7 Å². The van der Waals surface area contributed by atoms with E-state index in [1.807, 2.05) is 0 Å². The van der Waals surface area contributed by atoms with E-state index in [1.54, 1.807) is 0 Å². The molecule has 0 aliphatic heterocycles. The molecule has 2 atom stereocenters. The van der Waals surface area contributed by atoms with Crippen molar-refractivity contribution in [2.45, 2.75) is 63.8 Å². The molecule has 0 aromatic carbocycles. The highest BCUT2D eigenvalue weighted by Crippen LogP contribution is 2.49. The van der Waals surface area contributed by atoms with Gasteiger partial charge in [-0.2, -0.15) is 5.26 Å². The van der Waals surface area contributed by atoms with Gasteiger partial charge < -0.3 is 4.43 Å². The molecule has 0 aromatic rings. The summed E-state index contributed by atoms with van der Waals surface area (Å²) < 4.78 is 6.21. The quantitative estimate of drug-likeness (QED) is 0.686. The largest absolute Gasteiger partial charge is 0.400 e. The molecule has 2 saturated carbocycles. The smallest absolute Gasteiger partial charge is 0.185 e. The zero-order chi connectivity index (χ0) is 11.8. The van der Waals surface area contributed by atoms with E-state index in [2.05, 4.69) is 25.7 Å². The highest BCUT2D eigenvalue weighted by molar-refractivity contribution is 6.69. The maximum Gasteiger partial charge on any atom is 0.185 e. The Balaban J connectivity index is 2.10. The van der Waals surface area contributed by atoms with Crippen LogP contribution in [-0.2, 0) is 4.43 Å². The normalized spacial score (nSPS) is 39.1. The van der Waals surface area contributed by atoms with E-state index in [0.29, 0.717) is 0 Å². The third-order valence-corrected chi connectivity index (χ3v) is 4.96. The number of nitrogens with zero attached hydrogens (tertiary/aromatic N) is 1. The first-order valence-electron chi connectivity index (χ1n) is 6.56. The molecule has 2 nitrogen and oxygen atoms in total. The fourth-order valence-electron chi connectivity index (χ4n) is 3.54. The third kappa shape index (κ3) is 2.49. The molecule has 0 spiro atoms. The standard InChI is InChI=1S/C13H23NOSi/c1-16(2,3)15-13(10-14)8-11-6-4-5-7-12(11)9-13/h11-12H,4-9H2,1-3H3. The molecular weight excluding hydrogens is 214 g/mol. The highest BCUT2D eigenvalue weighted by Gasteiger charge is 2.48. The highest BCUT2D eigenvalue weighted by atomic mass is 28.4. The minimum Gasteiger partial charge on any atom is -0.400 e. The van der Waals surface area contributed by atoms with E-state index < -0.39 is 13.9 Å². The fourth-order valence-corrected chi connectivity index (χ4v) is 4.92. The Morgan fingerprint density at radius 2 is 1.62 bits per heavy atom. The molecule has 2 aliphatic rings. The summed E-state index contributed by atoms with van der Waals surface area (Å²) in [5, 5.41) is 9.47. The number of rotatable bonds is 2. The minimum atomic E-state index is -1.60. The predicted octanol–water partition coefficient (Wildman–Crippen LogP) is 3.70. The SMILES string of the molecule is C[Si](C)(C)OC1(C#N)CC2CCCCC2C1. The minimum absolute atomic E-state index is 0.426. The van der Waals surface area contributed by atoms with Crippen molar-refractivity contribution in [1.29, 1.82) is 5.26 Å². The van der Waals surface area contributed by atoms with Gasteiger partial charge in [0.25, 0.3) is 0 Å². The van der Waals surface area contributed by atoms with Crippen LogP contribution >= 0.6 is 0 Å². The first-order valence-corrected chi connectivity index (χ1v) is 9.96. The Morgan fingerprint density at radius 1 is 1.12 bits per heavy atom. The van der Waals surface area contributed by atoms with Gasteiger partial charge in [0, 0.05) is 0 Å². The Hall–Kier alpha value is -0.333. The second-order valence-corrected chi connectivity index (χ2v) is 11.0. The van der Waals surface area contributed by atoms with Crippen LogP contribution in [0.25, 0.3) is 0 Å². The monoisotopic (exact) mass is 237 g/mol. The topological polar surface area (TPSA) is 33.0 Å². The van der Waals surface area contributed by atoms with Crippen molar-refractivity contribution in [3.63, 3.8) is 0 Å². The molecular formula is C13H23NOSi.